The minimum atomic E-state index is 1.16. The zero-order chi connectivity index (χ0) is 7.68. The van der Waals surface area contributed by atoms with E-state index in [1.807, 2.05) is 6.33 Å². The Balaban J connectivity index is 2.27. The van der Waals surface area contributed by atoms with Crippen LogP contribution in [0, 0.1) is 0 Å². The molecule has 0 saturated heterocycles. The standard InChI is InChI=1S/C9H14N2/c1-2-4-8-9-5-3-6-11(9)7-10-8/h7H,2-6H2,1H3. The molecule has 2 heterocycles. The van der Waals surface area contributed by atoms with Crippen molar-refractivity contribution in [3.05, 3.63) is 17.7 Å². The second-order valence-corrected chi connectivity index (χ2v) is 3.18. The summed E-state index contributed by atoms with van der Waals surface area (Å²) in [6.07, 6.45) is 6.92. The molecule has 0 spiro atoms. The molecule has 1 aromatic rings. The van der Waals surface area contributed by atoms with Crippen LogP contribution in [0.15, 0.2) is 6.33 Å². The summed E-state index contributed by atoms with van der Waals surface area (Å²) < 4.78 is 2.30. The molecule has 0 atom stereocenters. The molecule has 0 aromatic carbocycles. The van der Waals surface area contributed by atoms with Crippen molar-refractivity contribution >= 4 is 0 Å². The van der Waals surface area contributed by atoms with Crippen LogP contribution in [-0.4, -0.2) is 9.55 Å². The van der Waals surface area contributed by atoms with Crippen molar-refractivity contribution in [3.8, 4) is 0 Å². The first-order chi connectivity index (χ1) is 5.42. The molecule has 0 bridgehead atoms. The van der Waals surface area contributed by atoms with Crippen LogP contribution in [0.5, 0.6) is 0 Å². The highest BCUT2D eigenvalue weighted by Crippen LogP contribution is 2.18. The Morgan fingerprint density at radius 3 is 3.36 bits per heavy atom. The molecule has 11 heavy (non-hydrogen) atoms. The quantitative estimate of drug-likeness (QED) is 0.628. The van der Waals surface area contributed by atoms with Gasteiger partial charge >= 0.3 is 0 Å². The number of hydrogen-bond donors (Lipinski definition) is 0. The average Bonchev–Trinajstić information content (AvgIpc) is 2.53. The Morgan fingerprint density at radius 2 is 2.55 bits per heavy atom. The zero-order valence-electron chi connectivity index (χ0n) is 7.01. The van der Waals surface area contributed by atoms with E-state index in [-0.39, 0.29) is 0 Å². The fraction of sp³-hybridized carbons (Fsp3) is 0.667. The molecule has 0 amide bonds. The lowest BCUT2D eigenvalue weighted by molar-refractivity contribution is 0.741. The highest BCUT2D eigenvalue weighted by atomic mass is 15.1. The van der Waals surface area contributed by atoms with Gasteiger partial charge in [-0.3, -0.25) is 0 Å². The van der Waals surface area contributed by atoms with Crippen molar-refractivity contribution in [1.82, 2.24) is 9.55 Å². The summed E-state index contributed by atoms with van der Waals surface area (Å²) in [5, 5.41) is 0. The van der Waals surface area contributed by atoms with Crippen LogP contribution < -0.4 is 0 Å². The van der Waals surface area contributed by atoms with Crippen molar-refractivity contribution in [2.45, 2.75) is 39.2 Å². The van der Waals surface area contributed by atoms with Gasteiger partial charge in [-0.2, -0.15) is 0 Å². The smallest absolute Gasteiger partial charge is 0.0951 e. The highest BCUT2D eigenvalue weighted by Gasteiger charge is 2.14. The van der Waals surface area contributed by atoms with E-state index in [1.165, 1.54) is 37.2 Å². The Morgan fingerprint density at radius 1 is 1.64 bits per heavy atom. The number of aromatic nitrogens is 2. The van der Waals surface area contributed by atoms with E-state index in [9.17, 15) is 0 Å². The predicted octanol–water partition coefficient (Wildman–Crippen LogP) is 1.78. The van der Waals surface area contributed by atoms with Crippen LogP contribution >= 0.6 is 0 Å². The molecule has 2 heteroatoms. The summed E-state index contributed by atoms with van der Waals surface area (Å²) in [4.78, 5) is 4.39. The van der Waals surface area contributed by atoms with Gasteiger partial charge in [0.2, 0.25) is 0 Å². The normalized spacial score (nSPS) is 15.4. The summed E-state index contributed by atoms with van der Waals surface area (Å²) in [5.74, 6) is 0. The average molecular weight is 150 g/mol. The largest absolute Gasteiger partial charge is 0.334 e. The first kappa shape index (κ1) is 6.89. The maximum Gasteiger partial charge on any atom is 0.0951 e. The van der Waals surface area contributed by atoms with Crippen molar-refractivity contribution in [3.63, 3.8) is 0 Å². The van der Waals surface area contributed by atoms with Gasteiger partial charge in [0.25, 0.3) is 0 Å². The topological polar surface area (TPSA) is 17.8 Å². The molecule has 0 unspecified atom stereocenters. The molecule has 1 aromatic heterocycles. The first-order valence-corrected chi connectivity index (χ1v) is 4.44. The number of nitrogens with zero attached hydrogens (tertiary/aromatic N) is 2. The molecular weight excluding hydrogens is 136 g/mol. The summed E-state index contributed by atoms with van der Waals surface area (Å²) in [6.45, 7) is 3.40. The Labute approximate surface area is 67.3 Å². The van der Waals surface area contributed by atoms with E-state index in [2.05, 4.69) is 16.5 Å². The van der Waals surface area contributed by atoms with Crippen molar-refractivity contribution < 1.29 is 0 Å². The highest BCUT2D eigenvalue weighted by molar-refractivity contribution is 5.16. The fourth-order valence-corrected chi connectivity index (χ4v) is 1.79. The van der Waals surface area contributed by atoms with Crippen LogP contribution in [0.25, 0.3) is 0 Å². The number of fused-ring (bicyclic) bond motifs is 1. The minimum Gasteiger partial charge on any atom is -0.334 e. The third-order valence-electron chi connectivity index (χ3n) is 2.33. The lowest BCUT2D eigenvalue weighted by Gasteiger charge is -1.95. The summed E-state index contributed by atoms with van der Waals surface area (Å²) in [5.41, 5.74) is 2.83. The molecule has 0 saturated carbocycles. The van der Waals surface area contributed by atoms with E-state index in [0.717, 1.165) is 6.42 Å². The summed E-state index contributed by atoms with van der Waals surface area (Å²) in [6, 6.07) is 0. The summed E-state index contributed by atoms with van der Waals surface area (Å²) >= 11 is 0. The van der Waals surface area contributed by atoms with Gasteiger partial charge in [-0.05, 0) is 19.3 Å². The van der Waals surface area contributed by atoms with E-state index >= 15 is 0 Å². The molecule has 60 valence electrons. The monoisotopic (exact) mass is 150 g/mol. The van der Waals surface area contributed by atoms with E-state index in [4.69, 9.17) is 0 Å². The van der Waals surface area contributed by atoms with Gasteiger partial charge in [0.15, 0.2) is 0 Å². The molecule has 0 aliphatic carbocycles. The lowest BCUT2D eigenvalue weighted by atomic mass is 10.2. The number of rotatable bonds is 2. The molecule has 1 aliphatic heterocycles. The van der Waals surface area contributed by atoms with Gasteiger partial charge in [0.1, 0.15) is 0 Å². The molecule has 0 N–H and O–H groups in total. The zero-order valence-corrected chi connectivity index (χ0v) is 7.01. The molecule has 1 aliphatic rings. The van der Waals surface area contributed by atoms with Crippen LogP contribution in [-0.2, 0) is 19.4 Å². The van der Waals surface area contributed by atoms with Gasteiger partial charge in [-0.15, -0.1) is 0 Å². The Kier molecular flexibility index (Phi) is 1.68. The van der Waals surface area contributed by atoms with E-state index < -0.39 is 0 Å². The SMILES string of the molecule is CCCc1ncn2c1CCC2. The molecule has 2 nitrogen and oxygen atoms in total. The number of hydrogen-bond acceptors (Lipinski definition) is 1. The second kappa shape index (κ2) is 2.68. The molecule has 0 radical (unpaired) electrons. The van der Waals surface area contributed by atoms with Gasteiger partial charge in [0.05, 0.1) is 12.0 Å². The molecule has 2 rings (SSSR count). The Bertz CT molecular complexity index is 250. The lowest BCUT2D eigenvalue weighted by Crippen LogP contribution is -1.91. The van der Waals surface area contributed by atoms with Crippen molar-refractivity contribution in [2.75, 3.05) is 0 Å². The van der Waals surface area contributed by atoms with Crippen molar-refractivity contribution in [1.29, 1.82) is 0 Å². The third kappa shape index (κ3) is 1.06. The number of imidazole rings is 1. The molecule has 0 fully saturated rings. The van der Waals surface area contributed by atoms with Crippen LogP contribution in [0.3, 0.4) is 0 Å². The van der Waals surface area contributed by atoms with Crippen molar-refractivity contribution in [2.24, 2.45) is 0 Å². The van der Waals surface area contributed by atoms with Crippen LogP contribution in [0.2, 0.25) is 0 Å². The number of aryl methyl sites for hydroxylation is 2. The first-order valence-electron chi connectivity index (χ1n) is 4.44. The van der Waals surface area contributed by atoms with Gasteiger partial charge < -0.3 is 4.57 Å². The van der Waals surface area contributed by atoms with Crippen LogP contribution in [0.4, 0.5) is 0 Å². The molecular formula is C9H14N2. The summed E-state index contributed by atoms with van der Waals surface area (Å²) in [7, 11) is 0. The Hall–Kier alpha value is -0.790. The second-order valence-electron chi connectivity index (χ2n) is 3.18. The maximum absolute atomic E-state index is 4.39. The third-order valence-corrected chi connectivity index (χ3v) is 2.33. The fourth-order valence-electron chi connectivity index (χ4n) is 1.79. The van der Waals surface area contributed by atoms with Gasteiger partial charge in [0, 0.05) is 12.2 Å². The van der Waals surface area contributed by atoms with Crippen LogP contribution in [0.1, 0.15) is 31.2 Å². The van der Waals surface area contributed by atoms with Gasteiger partial charge in [-0.1, -0.05) is 13.3 Å². The van der Waals surface area contributed by atoms with Gasteiger partial charge in [-0.25, -0.2) is 4.98 Å². The maximum atomic E-state index is 4.39. The van der Waals surface area contributed by atoms with E-state index in [1.54, 1.807) is 0 Å². The predicted molar refractivity (Wildman–Crippen MR) is 44.5 cm³/mol. The minimum absolute atomic E-state index is 1.16. The van der Waals surface area contributed by atoms with E-state index in [0.29, 0.717) is 0 Å².